The summed E-state index contributed by atoms with van der Waals surface area (Å²) in [6.07, 6.45) is -15.9. The summed E-state index contributed by atoms with van der Waals surface area (Å²) in [6.45, 7) is -3.34. The molecule has 1 amide bonds. The van der Waals surface area contributed by atoms with Crippen LogP contribution in [0.2, 0.25) is 0 Å². The first-order valence-electron chi connectivity index (χ1n) is 23.8. The van der Waals surface area contributed by atoms with E-state index in [0.29, 0.717) is 0 Å². The number of nitrogen functional groups attached to an aromatic ring is 3. The zero-order valence-corrected chi connectivity index (χ0v) is 46.4. The van der Waals surface area contributed by atoms with Crippen molar-refractivity contribution in [3.8, 4) is 0 Å². The van der Waals surface area contributed by atoms with E-state index in [-0.39, 0.29) is 58.5 Å². The molecule has 0 radical (unpaired) electrons. The van der Waals surface area contributed by atoms with Crippen LogP contribution in [-0.2, 0) is 80.5 Å². The quantitative estimate of drug-likeness (QED) is 0.0153. The van der Waals surface area contributed by atoms with Gasteiger partial charge in [0.2, 0.25) is 29.5 Å². The molecule has 0 saturated carbocycles. The van der Waals surface area contributed by atoms with Gasteiger partial charge < -0.3 is 81.1 Å². The maximum absolute atomic E-state index is 13.8. The highest BCUT2D eigenvalue weighted by Crippen LogP contribution is 2.68. The lowest BCUT2D eigenvalue weighted by molar-refractivity contribution is -0.745. The van der Waals surface area contributed by atoms with Crippen molar-refractivity contribution in [2.24, 2.45) is 13.0 Å². The van der Waals surface area contributed by atoms with Gasteiger partial charge in [0.15, 0.2) is 41.1 Å². The standard InChI is InChI=1S/C37H52N16O26P4/c1-50-12-53(28-20(50)31(60)49-37(40)46-28)32-21(55)13(6-17(54)41-4-5-69-2)14(74-32)7-72-81(63,64)78-83(67,68)79-82(65,66)73-9-16-24(25(70-3)34(76-16)52-11-43-19-27(52)45-36(39)48-30(19)59)77-80(61,62)71-8-15-22(56)23(57)33(75-15)51-10-42-18-26(51)44-35(38)47-29(18)58/h10-16,21-25,32-34,55-57H,4-9H2,1-3H3,(H13-,38,39,40,41,44,45,46,47,48,49,54,58,59,60,61,62,63,64,65,66,67,68)/p+1/t13-,14-,15-,16-,21-,22-,23-,24-,25-,32?,33-,34-/m1/s1. The number of carbonyl (C=O) groups is 1. The normalized spacial score (nSPS) is 28.6. The summed E-state index contributed by atoms with van der Waals surface area (Å²) >= 11 is 0. The molecule has 456 valence electrons. The molecule has 6 aromatic rings. The number of hydrogen-bond acceptors (Lipinski definition) is 30. The van der Waals surface area contributed by atoms with Crippen molar-refractivity contribution >= 4 is 88.5 Å². The number of nitrogens with one attached hydrogen (secondary N) is 4. The van der Waals surface area contributed by atoms with E-state index in [4.69, 9.17) is 59.0 Å². The zero-order valence-electron chi connectivity index (χ0n) is 42.8. The molecule has 3 aliphatic rings. The van der Waals surface area contributed by atoms with E-state index < -0.39 is 159 Å². The second-order valence-corrected chi connectivity index (χ2v) is 24.4. The molecule has 17 N–H and O–H groups in total. The van der Waals surface area contributed by atoms with Crippen LogP contribution in [0.25, 0.3) is 33.5 Å². The number of nitrogens with two attached hydrogens (primary N) is 3. The van der Waals surface area contributed by atoms with Gasteiger partial charge in [-0.15, -0.1) is 0 Å². The monoisotopic (exact) mass is 1260 g/mol. The van der Waals surface area contributed by atoms with E-state index in [1.807, 2.05) is 0 Å². The number of methoxy groups -OCH3 is 2. The van der Waals surface area contributed by atoms with Crippen molar-refractivity contribution in [1.29, 1.82) is 0 Å². The molecule has 9 heterocycles. The van der Waals surface area contributed by atoms with Crippen molar-refractivity contribution in [1.82, 2.24) is 58.9 Å². The number of aliphatic hydroxyl groups is 3. The molecular formula is C37H53N16O26P4+. The maximum Gasteiger partial charge on any atom is 0.490 e. The van der Waals surface area contributed by atoms with Crippen LogP contribution >= 0.6 is 31.3 Å². The van der Waals surface area contributed by atoms with Crippen molar-refractivity contribution in [3.05, 3.63) is 50.0 Å². The first-order valence-corrected chi connectivity index (χ1v) is 29.8. The number of aliphatic hydroxyl groups excluding tert-OH is 3. The molecule has 0 bridgehead atoms. The van der Waals surface area contributed by atoms with Crippen LogP contribution < -0.4 is 43.8 Å². The van der Waals surface area contributed by atoms with Crippen LogP contribution in [0.15, 0.2) is 33.4 Å². The van der Waals surface area contributed by atoms with Crippen LogP contribution in [0, 0.1) is 5.92 Å². The van der Waals surface area contributed by atoms with Crippen LogP contribution in [-0.4, -0.2) is 190 Å². The number of amides is 1. The molecule has 42 nitrogen and oxygen atoms in total. The number of imidazole rings is 3. The number of ether oxygens (including phenoxy) is 5. The predicted octanol–water partition coefficient (Wildman–Crippen LogP) is -5.01. The van der Waals surface area contributed by atoms with E-state index in [1.165, 1.54) is 29.6 Å². The van der Waals surface area contributed by atoms with E-state index >= 15 is 0 Å². The first kappa shape index (κ1) is 61.7. The predicted molar refractivity (Wildman–Crippen MR) is 269 cm³/mol. The van der Waals surface area contributed by atoms with Gasteiger partial charge >= 0.3 is 36.9 Å². The smallest absolute Gasteiger partial charge is 0.387 e. The summed E-state index contributed by atoms with van der Waals surface area (Å²) in [5, 5.41) is 35.9. The SMILES string of the molecule is COCCNC(=O)C[C@@H]1[C@@H](COP(=O)(O)OP(=O)(O)OP(=O)(O)OC[C@H]2O[C@@H](n3cnc4c(=O)[nH]c(N)nc43)[C@H](OC)[C@@H]2OP(=O)(O)OC[C@H]2O[C@@H](n3cnc4c(=O)[nH]c(N)nc43)[C@H](O)[C@@H]2O)OC([n+]2cn(C)c3c(=O)[nH]c(N)nc32)[C@@H]1O. The summed E-state index contributed by atoms with van der Waals surface area (Å²) in [6, 6.07) is 0. The lowest BCUT2D eigenvalue weighted by atomic mass is 9.94. The second-order valence-electron chi connectivity index (χ2n) is 18.4. The van der Waals surface area contributed by atoms with Gasteiger partial charge in [-0.2, -0.15) is 18.6 Å². The van der Waals surface area contributed by atoms with Crippen LogP contribution in [0.3, 0.4) is 0 Å². The molecule has 5 unspecified atom stereocenters. The number of aromatic amines is 3. The van der Waals surface area contributed by atoms with Crippen LogP contribution in [0.5, 0.6) is 0 Å². The lowest BCUT2D eigenvalue weighted by Gasteiger charge is -2.26. The molecule has 3 aliphatic heterocycles. The molecular weight excluding hydrogens is 1210 g/mol. The minimum atomic E-state index is -6.29. The Kier molecular flexibility index (Phi) is 17.7. The molecule has 83 heavy (non-hydrogen) atoms. The van der Waals surface area contributed by atoms with Gasteiger partial charge in [0, 0.05) is 33.1 Å². The fourth-order valence-corrected chi connectivity index (χ4v) is 13.8. The van der Waals surface area contributed by atoms with E-state index in [2.05, 4.69) is 53.8 Å². The number of nitrogens with zero attached hydrogens (tertiary/aromatic N) is 9. The number of rotatable bonds is 24. The fourth-order valence-electron chi connectivity index (χ4n) is 9.28. The van der Waals surface area contributed by atoms with Gasteiger partial charge in [0.05, 0.1) is 52.2 Å². The summed E-state index contributed by atoms with van der Waals surface area (Å²) in [7, 11) is -19.9. The highest BCUT2D eigenvalue weighted by Gasteiger charge is 2.54. The average Bonchev–Trinajstić information content (AvgIpc) is 2.34. The number of phosphoric ester groups is 3. The number of phosphoric acid groups is 4. The fraction of sp³-hybridized carbons (Fsp3) is 0.568. The highest BCUT2D eigenvalue weighted by molar-refractivity contribution is 7.66. The third kappa shape index (κ3) is 13.2. The molecule has 0 spiro atoms. The average molecular weight is 1260 g/mol. The van der Waals surface area contributed by atoms with Gasteiger partial charge in [-0.1, -0.05) is 4.98 Å². The molecule has 6 aromatic heterocycles. The van der Waals surface area contributed by atoms with Crippen molar-refractivity contribution in [3.63, 3.8) is 0 Å². The van der Waals surface area contributed by atoms with Crippen molar-refractivity contribution < 1.29 is 113 Å². The summed E-state index contributed by atoms with van der Waals surface area (Å²) in [5.41, 5.74) is 13.8. The molecule has 3 fully saturated rings. The number of H-pyrrole nitrogens is 3. The lowest BCUT2D eigenvalue weighted by Crippen LogP contribution is -2.45. The third-order valence-electron chi connectivity index (χ3n) is 12.9. The molecule has 0 aromatic carbocycles. The Hall–Kier alpha value is -5.88. The van der Waals surface area contributed by atoms with Crippen molar-refractivity contribution in [2.75, 3.05) is 64.4 Å². The molecule has 16 atom stereocenters. The van der Waals surface area contributed by atoms with Crippen molar-refractivity contribution in [2.45, 2.75) is 73.9 Å². The minimum absolute atomic E-state index is 0.0280. The van der Waals surface area contributed by atoms with Gasteiger partial charge in [-0.05, 0) is 0 Å². The number of aromatic nitrogens is 12. The van der Waals surface area contributed by atoms with E-state index in [9.17, 15) is 72.3 Å². The number of hydrogen-bond donors (Lipinski definition) is 14. The number of carbonyl (C=O) groups excluding carboxylic acids is 1. The van der Waals surface area contributed by atoms with Gasteiger partial charge in [0.1, 0.15) is 42.7 Å². The Morgan fingerprint density at radius 1 is 0.699 bits per heavy atom. The van der Waals surface area contributed by atoms with Gasteiger partial charge in [-0.3, -0.25) is 65.9 Å². The molecule has 9 rings (SSSR count). The van der Waals surface area contributed by atoms with Gasteiger partial charge in [0.25, 0.3) is 22.6 Å². The third-order valence-corrected chi connectivity index (χ3v) is 18.1. The minimum Gasteiger partial charge on any atom is -0.387 e. The highest BCUT2D eigenvalue weighted by atomic mass is 31.3. The summed E-state index contributed by atoms with van der Waals surface area (Å²) in [5.74, 6) is -3.03. The Morgan fingerprint density at radius 2 is 1.23 bits per heavy atom. The number of aryl methyl sites for hydroxylation is 1. The Bertz CT molecular complexity index is 3800. The van der Waals surface area contributed by atoms with E-state index in [0.717, 1.165) is 28.9 Å². The Labute approximate surface area is 460 Å². The zero-order chi connectivity index (χ0) is 60.2. The Morgan fingerprint density at radius 3 is 1.82 bits per heavy atom. The molecule has 3 saturated heterocycles. The van der Waals surface area contributed by atoms with E-state index in [1.54, 1.807) is 0 Å². The largest absolute Gasteiger partial charge is 0.490 e. The molecule has 46 heteroatoms. The number of anilines is 3. The number of fused-ring (bicyclic) bond motifs is 3. The van der Waals surface area contributed by atoms with Gasteiger partial charge in [-0.25, -0.2) is 32.8 Å². The topological polar surface area (TPSA) is 600 Å². The summed E-state index contributed by atoms with van der Waals surface area (Å²) < 4.78 is 115. The Balaban J connectivity index is 0.885. The second kappa shape index (κ2) is 23.9. The van der Waals surface area contributed by atoms with Crippen LogP contribution in [0.1, 0.15) is 25.1 Å². The molecule has 0 aliphatic carbocycles. The maximum atomic E-state index is 13.8. The first-order chi connectivity index (χ1) is 39.0. The van der Waals surface area contributed by atoms with Crippen LogP contribution in [0.4, 0.5) is 17.8 Å². The summed E-state index contributed by atoms with van der Waals surface area (Å²) in [4.78, 5) is 121.